The summed E-state index contributed by atoms with van der Waals surface area (Å²) in [5, 5.41) is 0. The summed E-state index contributed by atoms with van der Waals surface area (Å²) in [4.78, 5) is 0. The summed E-state index contributed by atoms with van der Waals surface area (Å²) in [6, 6.07) is 0. The van der Waals surface area contributed by atoms with E-state index in [9.17, 15) is 8.78 Å². The van der Waals surface area contributed by atoms with E-state index in [-0.39, 0.29) is 12.7 Å². The molecule has 1 aliphatic carbocycles. The Labute approximate surface area is 72.1 Å². The van der Waals surface area contributed by atoms with E-state index in [1.54, 1.807) is 0 Å². The molecule has 0 aromatic rings. The fraction of sp³-hybridized carbons (Fsp3) is 1.00. The summed E-state index contributed by atoms with van der Waals surface area (Å²) < 4.78 is 31.1. The number of ether oxygens (including phenoxy) is 1. The molecule has 0 amide bonds. The van der Waals surface area contributed by atoms with Crippen LogP contribution >= 0.6 is 0 Å². The maximum Gasteiger partial charge on any atom is 0.253 e. The minimum absolute atomic E-state index is 0.0461. The molecule has 0 saturated heterocycles. The largest absolute Gasteiger partial charge is 0.378 e. The highest BCUT2D eigenvalue weighted by Crippen LogP contribution is 2.56. The zero-order valence-electron chi connectivity index (χ0n) is 7.86. The van der Waals surface area contributed by atoms with Crippen molar-refractivity contribution in [2.45, 2.75) is 45.6 Å². The van der Waals surface area contributed by atoms with Crippen molar-refractivity contribution in [2.24, 2.45) is 5.41 Å². The Hall–Kier alpha value is -0.180. The van der Waals surface area contributed by atoms with Crippen LogP contribution in [0, 0.1) is 5.41 Å². The topological polar surface area (TPSA) is 9.23 Å². The average molecular weight is 178 g/mol. The van der Waals surface area contributed by atoms with Crippen LogP contribution in [0.2, 0.25) is 0 Å². The molecular formula is C9H16F2O. The van der Waals surface area contributed by atoms with Crippen LogP contribution < -0.4 is 0 Å². The number of rotatable bonds is 4. The zero-order valence-corrected chi connectivity index (χ0v) is 7.86. The molecule has 12 heavy (non-hydrogen) atoms. The fourth-order valence-corrected chi connectivity index (χ4v) is 1.19. The van der Waals surface area contributed by atoms with Crippen LogP contribution in [0.5, 0.6) is 0 Å². The number of hydrogen-bond donors (Lipinski definition) is 0. The molecule has 0 heterocycles. The molecule has 0 aromatic heterocycles. The molecule has 0 bridgehead atoms. The predicted octanol–water partition coefficient (Wildman–Crippen LogP) is 2.85. The molecule has 0 unspecified atom stereocenters. The minimum atomic E-state index is -2.58. The predicted molar refractivity (Wildman–Crippen MR) is 43.4 cm³/mol. The van der Waals surface area contributed by atoms with Gasteiger partial charge in [-0.05, 0) is 33.6 Å². The monoisotopic (exact) mass is 178 g/mol. The van der Waals surface area contributed by atoms with Gasteiger partial charge in [0.2, 0.25) is 0 Å². The van der Waals surface area contributed by atoms with E-state index in [1.165, 1.54) is 0 Å². The van der Waals surface area contributed by atoms with E-state index >= 15 is 0 Å². The SMILES string of the molecule is CC(C)OCC1(C(C)(F)F)CC1. The van der Waals surface area contributed by atoms with Crippen LogP contribution in [-0.2, 0) is 4.74 Å². The lowest BCUT2D eigenvalue weighted by Gasteiger charge is -2.23. The van der Waals surface area contributed by atoms with Crippen molar-refractivity contribution in [1.29, 1.82) is 0 Å². The molecule has 0 aliphatic heterocycles. The summed E-state index contributed by atoms with van der Waals surface area (Å²) in [6.45, 7) is 4.92. The molecule has 0 aromatic carbocycles. The molecule has 1 fully saturated rings. The quantitative estimate of drug-likeness (QED) is 0.643. The van der Waals surface area contributed by atoms with Crippen molar-refractivity contribution in [1.82, 2.24) is 0 Å². The Morgan fingerprint density at radius 1 is 1.42 bits per heavy atom. The number of alkyl halides is 2. The summed E-state index contributed by atoms with van der Waals surface area (Å²) in [6.07, 6.45) is 1.25. The van der Waals surface area contributed by atoms with Gasteiger partial charge in [0.25, 0.3) is 5.92 Å². The molecule has 0 spiro atoms. The summed E-state index contributed by atoms with van der Waals surface area (Å²) >= 11 is 0. The first-order valence-electron chi connectivity index (χ1n) is 4.37. The van der Waals surface area contributed by atoms with Crippen molar-refractivity contribution in [3.63, 3.8) is 0 Å². The molecule has 1 aliphatic rings. The van der Waals surface area contributed by atoms with Crippen LogP contribution in [0.3, 0.4) is 0 Å². The number of halogens is 2. The third-order valence-electron chi connectivity index (χ3n) is 2.48. The van der Waals surface area contributed by atoms with Crippen LogP contribution in [0.1, 0.15) is 33.6 Å². The van der Waals surface area contributed by atoms with Gasteiger partial charge in [-0.1, -0.05) is 0 Å². The third-order valence-corrected chi connectivity index (χ3v) is 2.48. The minimum Gasteiger partial charge on any atom is -0.378 e. The van der Waals surface area contributed by atoms with Gasteiger partial charge in [0.1, 0.15) is 0 Å². The van der Waals surface area contributed by atoms with Gasteiger partial charge in [-0.25, -0.2) is 8.78 Å². The van der Waals surface area contributed by atoms with Crippen molar-refractivity contribution < 1.29 is 13.5 Å². The average Bonchev–Trinajstić information content (AvgIpc) is 2.60. The van der Waals surface area contributed by atoms with Crippen molar-refractivity contribution in [3.8, 4) is 0 Å². The molecular weight excluding hydrogens is 162 g/mol. The van der Waals surface area contributed by atoms with Crippen LogP contribution in [0.4, 0.5) is 8.78 Å². The smallest absolute Gasteiger partial charge is 0.253 e. The van der Waals surface area contributed by atoms with Gasteiger partial charge in [-0.2, -0.15) is 0 Å². The van der Waals surface area contributed by atoms with E-state index in [1.807, 2.05) is 13.8 Å². The summed E-state index contributed by atoms with van der Waals surface area (Å²) in [7, 11) is 0. The second-order valence-electron chi connectivity index (χ2n) is 4.03. The Kier molecular flexibility index (Phi) is 2.43. The standard InChI is InChI=1S/C9H16F2O/c1-7(2)12-6-9(4-5-9)8(3,10)11/h7H,4-6H2,1-3H3. The summed E-state index contributed by atoms with van der Waals surface area (Å²) in [5.41, 5.74) is -0.836. The van der Waals surface area contributed by atoms with Crippen LogP contribution in [-0.4, -0.2) is 18.6 Å². The normalized spacial score (nSPS) is 21.5. The van der Waals surface area contributed by atoms with Crippen molar-refractivity contribution >= 4 is 0 Å². The zero-order chi connectivity index (χ0) is 9.41. The fourth-order valence-electron chi connectivity index (χ4n) is 1.19. The lowest BCUT2D eigenvalue weighted by Crippen LogP contribution is -2.31. The Bertz CT molecular complexity index is 156. The molecule has 0 radical (unpaired) electrons. The maximum atomic E-state index is 12.9. The second-order valence-corrected chi connectivity index (χ2v) is 4.03. The molecule has 3 heteroatoms. The Morgan fingerprint density at radius 3 is 2.17 bits per heavy atom. The van der Waals surface area contributed by atoms with Crippen LogP contribution in [0.25, 0.3) is 0 Å². The summed E-state index contributed by atoms with van der Waals surface area (Å²) in [5.74, 6) is -2.58. The molecule has 0 atom stereocenters. The van der Waals surface area contributed by atoms with Crippen LogP contribution in [0.15, 0.2) is 0 Å². The molecule has 1 nitrogen and oxygen atoms in total. The van der Waals surface area contributed by atoms with E-state index < -0.39 is 11.3 Å². The third kappa shape index (κ3) is 1.94. The highest BCUT2D eigenvalue weighted by Gasteiger charge is 2.59. The Balaban J connectivity index is 2.40. The van der Waals surface area contributed by atoms with Crippen molar-refractivity contribution in [3.05, 3.63) is 0 Å². The lowest BCUT2D eigenvalue weighted by atomic mass is 10.0. The van der Waals surface area contributed by atoms with Gasteiger partial charge in [0, 0.05) is 0 Å². The van der Waals surface area contributed by atoms with Gasteiger partial charge < -0.3 is 4.74 Å². The van der Waals surface area contributed by atoms with E-state index in [0.717, 1.165) is 6.92 Å². The van der Waals surface area contributed by atoms with Gasteiger partial charge in [0.05, 0.1) is 18.1 Å². The molecule has 72 valence electrons. The number of hydrogen-bond acceptors (Lipinski definition) is 1. The highest BCUT2D eigenvalue weighted by atomic mass is 19.3. The van der Waals surface area contributed by atoms with Gasteiger partial charge in [-0.3, -0.25) is 0 Å². The first-order valence-corrected chi connectivity index (χ1v) is 4.37. The molecule has 1 saturated carbocycles. The van der Waals surface area contributed by atoms with Crippen molar-refractivity contribution in [2.75, 3.05) is 6.61 Å². The second kappa shape index (κ2) is 2.95. The van der Waals surface area contributed by atoms with E-state index in [2.05, 4.69) is 0 Å². The lowest BCUT2D eigenvalue weighted by molar-refractivity contribution is -0.0967. The van der Waals surface area contributed by atoms with Gasteiger partial charge in [-0.15, -0.1) is 0 Å². The first-order chi connectivity index (χ1) is 5.37. The van der Waals surface area contributed by atoms with E-state index in [0.29, 0.717) is 12.8 Å². The highest BCUT2D eigenvalue weighted by molar-refractivity contribution is 5.01. The molecule has 1 rings (SSSR count). The Morgan fingerprint density at radius 2 is 1.92 bits per heavy atom. The molecule has 0 N–H and O–H groups in total. The van der Waals surface area contributed by atoms with Gasteiger partial charge in [0.15, 0.2) is 0 Å². The maximum absolute atomic E-state index is 12.9. The van der Waals surface area contributed by atoms with Gasteiger partial charge >= 0.3 is 0 Å². The van der Waals surface area contributed by atoms with E-state index in [4.69, 9.17) is 4.74 Å². The first kappa shape index (κ1) is 9.90.